The van der Waals surface area contributed by atoms with Gasteiger partial charge in [-0.1, -0.05) is 30.7 Å². The summed E-state index contributed by atoms with van der Waals surface area (Å²) in [7, 11) is 2.91. The van der Waals surface area contributed by atoms with Crippen molar-refractivity contribution in [1.82, 2.24) is 0 Å². The minimum atomic E-state index is -0.345. The monoisotopic (exact) mass is 392 g/mol. The highest BCUT2D eigenvalue weighted by Crippen LogP contribution is 2.28. The molecule has 0 saturated carbocycles. The van der Waals surface area contributed by atoms with Gasteiger partial charge in [0.2, 0.25) is 0 Å². The molecule has 0 aliphatic rings. The normalized spacial score (nSPS) is 10.7. The van der Waals surface area contributed by atoms with Gasteiger partial charge in [-0.3, -0.25) is 9.59 Å². The van der Waals surface area contributed by atoms with Crippen molar-refractivity contribution in [2.75, 3.05) is 14.2 Å². The third-order valence-corrected chi connectivity index (χ3v) is 3.83. The maximum Gasteiger partial charge on any atom is 0.182 e. The van der Waals surface area contributed by atoms with Crippen LogP contribution < -0.4 is 14.2 Å². The maximum atomic E-state index is 12.0. The molecule has 0 saturated heterocycles. The van der Waals surface area contributed by atoms with Crippen LogP contribution in [-0.4, -0.2) is 30.9 Å². The molecule has 0 aromatic heterocycles. The van der Waals surface area contributed by atoms with Crippen LogP contribution in [0, 0.1) is 12.5 Å². The van der Waals surface area contributed by atoms with E-state index in [0.29, 0.717) is 28.4 Å². The van der Waals surface area contributed by atoms with Gasteiger partial charge in [-0.25, -0.2) is 0 Å². The molecule has 6 nitrogen and oxygen atoms in total. The number of methoxy groups -OCH3 is 2. The molecular formula is C23H20O6. The number of hydrogen-bond acceptors (Lipinski definition) is 6. The molecule has 0 fully saturated rings. The largest absolute Gasteiger partial charge is 0.504 e. The Morgan fingerprint density at radius 3 is 2.03 bits per heavy atom. The van der Waals surface area contributed by atoms with Crippen molar-refractivity contribution in [2.45, 2.75) is 6.42 Å². The summed E-state index contributed by atoms with van der Waals surface area (Å²) in [6.45, 7) is 0. The second-order valence-corrected chi connectivity index (χ2v) is 5.84. The Labute approximate surface area is 169 Å². The van der Waals surface area contributed by atoms with Crippen LogP contribution in [0.15, 0.2) is 48.6 Å². The van der Waals surface area contributed by atoms with Crippen LogP contribution in [0.4, 0.5) is 0 Å². The first-order valence-corrected chi connectivity index (χ1v) is 8.56. The highest BCUT2D eigenvalue weighted by molar-refractivity contribution is 6.10. The van der Waals surface area contributed by atoms with Gasteiger partial charge in [0.15, 0.2) is 34.6 Å². The first-order chi connectivity index (χ1) is 14.0. The Morgan fingerprint density at radius 1 is 0.931 bits per heavy atom. The molecule has 0 spiro atoms. The number of terminal acetylenes is 1. The van der Waals surface area contributed by atoms with Crippen LogP contribution in [0.1, 0.15) is 17.5 Å². The van der Waals surface area contributed by atoms with Crippen molar-refractivity contribution in [3.05, 3.63) is 59.7 Å². The van der Waals surface area contributed by atoms with Crippen molar-refractivity contribution >= 4 is 23.7 Å². The number of aromatic hydroxyl groups is 1. The molecule has 6 heteroatoms. The summed E-state index contributed by atoms with van der Waals surface area (Å²) in [5.74, 6) is 0.443. The van der Waals surface area contributed by atoms with Crippen LogP contribution in [0.25, 0.3) is 12.2 Å². The molecule has 2 rings (SSSR count). The van der Waals surface area contributed by atoms with E-state index in [1.54, 1.807) is 42.5 Å². The zero-order valence-electron chi connectivity index (χ0n) is 16.0. The van der Waals surface area contributed by atoms with E-state index < -0.39 is 0 Å². The minimum Gasteiger partial charge on any atom is -0.504 e. The van der Waals surface area contributed by atoms with E-state index in [-0.39, 0.29) is 23.7 Å². The number of phenols is 1. The Morgan fingerprint density at radius 2 is 1.48 bits per heavy atom. The Kier molecular flexibility index (Phi) is 7.63. The Bertz CT molecular complexity index is 995. The van der Waals surface area contributed by atoms with Gasteiger partial charge in [0.05, 0.1) is 20.6 Å². The van der Waals surface area contributed by atoms with E-state index in [2.05, 4.69) is 6.11 Å². The van der Waals surface area contributed by atoms with Gasteiger partial charge < -0.3 is 19.3 Å². The first kappa shape index (κ1) is 21.3. The van der Waals surface area contributed by atoms with Gasteiger partial charge in [-0.15, -0.1) is 0 Å². The van der Waals surface area contributed by atoms with Crippen molar-refractivity contribution in [2.24, 2.45) is 0 Å². The fourth-order valence-electron chi connectivity index (χ4n) is 2.40. The van der Waals surface area contributed by atoms with Crippen LogP contribution in [-0.2, 0) is 9.59 Å². The average Bonchev–Trinajstić information content (AvgIpc) is 2.72. The zero-order chi connectivity index (χ0) is 21.2. The van der Waals surface area contributed by atoms with E-state index >= 15 is 0 Å². The fourth-order valence-corrected chi connectivity index (χ4v) is 2.40. The number of rotatable bonds is 9. The number of hydrogen-bond donors (Lipinski definition) is 1. The van der Waals surface area contributed by atoms with E-state index in [0.717, 1.165) is 0 Å². The van der Waals surface area contributed by atoms with Crippen LogP contribution >= 0.6 is 0 Å². The van der Waals surface area contributed by atoms with Crippen molar-refractivity contribution < 1.29 is 28.9 Å². The molecule has 0 heterocycles. The number of ketones is 2. The van der Waals surface area contributed by atoms with Gasteiger partial charge in [-0.2, -0.15) is 0 Å². The van der Waals surface area contributed by atoms with E-state index in [1.165, 1.54) is 32.4 Å². The predicted octanol–water partition coefficient (Wildman–Crippen LogP) is 3.63. The Balaban J connectivity index is 1.98. The molecule has 0 aliphatic heterocycles. The zero-order valence-corrected chi connectivity index (χ0v) is 16.0. The summed E-state index contributed by atoms with van der Waals surface area (Å²) < 4.78 is 15.2. The third-order valence-electron chi connectivity index (χ3n) is 3.83. The van der Waals surface area contributed by atoms with Crippen molar-refractivity contribution in [3.63, 3.8) is 0 Å². The number of ether oxygens (including phenoxy) is 3. The topological polar surface area (TPSA) is 82.1 Å². The molecule has 0 bridgehead atoms. The molecule has 29 heavy (non-hydrogen) atoms. The van der Waals surface area contributed by atoms with Gasteiger partial charge in [-0.05, 0) is 47.5 Å². The fraction of sp³-hybridized carbons (Fsp3) is 0.130. The second kappa shape index (κ2) is 10.4. The molecule has 0 unspecified atom stereocenters. The molecule has 1 N–H and O–H groups in total. The average molecular weight is 392 g/mol. The summed E-state index contributed by atoms with van der Waals surface area (Å²) in [6.07, 6.45) is 12.7. The summed E-state index contributed by atoms with van der Waals surface area (Å²) in [6, 6.07) is 9.68. The quantitative estimate of drug-likeness (QED) is 0.399. The number of phenolic OH excluding ortho intramolecular Hbond substituents is 1. The van der Waals surface area contributed by atoms with Gasteiger partial charge in [0, 0.05) is 0 Å². The summed E-state index contributed by atoms with van der Waals surface area (Å²) in [5.41, 5.74) is 1.36. The molecular weight excluding hydrogens is 372 g/mol. The number of carbonyl (C=O) groups excluding carboxylic acids is 2. The number of carbonyl (C=O) groups is 2. The van der Waals surface area contributed by atoms with Crippen LogP contribution in [0.5, 0.6) is 23.0 Å². The van der Waals surface area contributed by atoms with E-state index in [9.17, 15) is 14.7 Å². The van der Waals surface area contributed by atoms with Gasteiger partial charge >= 0.3 is 0 Å². The highest BCUT2D eigenvalue weighted by Gasteiger charge is 2.07. The molecule has 0 amide bonds. The van der Waals surface area contributed by atoms with Crippen molar-refractivity contribution in [1.29, 1.82) is 0 Å². The van der Waals surface area contributed by atoms with Crippen LogP contribution in [0.2, 0.25) is 0 Å². The lowest BCUT2D eigenvalue weighted by atomic mass is 10.1. The Hall–Kier alpha value is -3.98. The van der Waals surface area contributed by atoms with Crippen molar-refractivity contribution in [3.8, 4) is 35.5 Å². The lowest BCUT2D eigenvalue weighted by molar-refractivity contribution is -0.121. The molecule has 0 atom stereocenters. The summed E-state index contributed by atoms with van der Waals surface area (Å²) >= 11 is 0. The molecule has 2 aromatic carbocycles. The van der Waals surface area contributed by atoms with E-state index in [4.69, 9.17) is 20.6 Å². The molecule has 0 aliphatic carbocycles. The highest BCUT2D eigenvalue weighted by atomic mass is 16.5. The van der Waals surface area contributed by atoms with Gasteiger partial charge in [0.25, 0.3) is 0 Å². The number of allylic oxidation sites excluding steroid dienone is 2. The molecule has 0 radical (unpaired) electrons. The van der Waals surface area contributed by atoms with Crippen LogP contribution in [0.3, 0.4) is 0 Å². The first-order valence-electron chi connectivity index (χ1n) is 8.56. The summed E-state index contributed by atoms with van der Waals surface area (Å²) in [4.78, 5) is 24.0. The minimum absolute atomic E-state index is 0.00630. The van der Waals surface area contributed by atoms with Gasteiger partial charge in [0.1, 0.15) is 6.11 Å². The molecule has 148 valence electrons. The number of benzene rings is 2. The second-order valence-electron chi connectivity index (χ2n) is 5.84. The third kappa shape index (κ3) is 6.29. The summed E-state index contributed by atoms with van der Waals surface area (Å²) in [5, 5.41) is 9.57. The lowest BCUT2D eigenvalue weighted by Crippen LogP contribution is -2.01. The maximum absolute atomic E-state index is 12.0. The predicted molar refractivity (Wildman–Crippen MR) is 110 cm³/mol. The SMILES string of the molecule is C#COc1ccc(/C=C/C(=O)CC(=O)/C=C/c2ccc(O)c(OC)c2)cc1OC. The standard InChI is InChI=1S/C23H20O6/c1-4-29-21-12-8-17(14-23(21)28-3)6-10-19(25)15-18(24)9-5-16-7-11-20(26)22(13-16)27-2/h1,5-14,26H,15H2,2-3H3/b9-5+,10-6+. The van der Waals surface area contributed by atoms with E-state index in [1.807, 2.05) is 0 Å². The smallest absolute Gasteiger partial charge is 0.182 e. The molecule has 2 aromatic rings. The lowest BCUT2D eigenvalue weighted by Gasteiger charge is -2.06.